The van der Waals surface area contributed by atoms with E-state index < -0.39 is 0 Å². The van der Waals surface area contributed by atoms with Crippen molar-refractivity contribution in [1.29, 1.82) is 0 Å². The molecule has 0 aliphatic carbocycles. The van der Waals surface area contributed by atoms with Gasteiger partial charge in [-0.15, -0.1) is 0 Å². The van der Waals surface area contributed by atoms with Crippen LogP contribution in [-0.2, 0) is 0 Å². The van der Waals surface area contributed by atoms with Crippen LogP contribution in [0.1, 0.15) is 207 Å². The van der Waals surface area contributed by atoms with Gasteiger partial charge in [0.15, 0.2) is 10.1 Å². The van der Waals surface area contributed by atoms with Crippen LogP contribution in [0.15, 0.2) is 0 Å². The molecule has 0 fully saturated rings. The minimum Gasteiger partial charge on any atom is -0.502 e. The van der Waals surface area contributed by atoms with E-state index in [2.05, 4.69) is 27.7 Å². The van der Waals surface area contributed by atoms with E-state index in [0.717, 1.165) is 24.7 Å². The summed E-state index contributed by atoms with van der Waals surface area (Å²) in [4.78, 5) is 0. The lowest BCUT2D eigenvalue weighted by Crippen LogP contribution is -2.10. The summed E-state index contributed by atoms with van der Waals surface area (Å²) >= 11 is 10.2. The van der Waals surface area contributed by atoms with E-state index in [1.54, 1.807) is 0 Å². The number of aliphatic hydroxyl groups is 2. The first kappa shape index (κ1) is 41.8. The van der Waals surface area contributed by atoms with E-state index in [0.29, 0.717) is 11.8 Å². The molecule has 0 aromatic carbocycles. The van der Waals surface area contributed by atoms with Crippen molar-refractivity contribution in [3.05, 3.63) is 0 Å². The SMILES string of the molecule is CCCCCC(CCCC)CCC(CCCCCCCCC(CCC(CCCC)CCCCC)CC(O)=S)CC(O)=S. The van der Waals surface area contributed by atoms with Crippen molar-refractivity contribution in [2.75, 3.05) is 0 Å². The highest BCUT2D eigenvalue weighted by molar-refractivity contribution is 7.80. The van der Waals surface area contributed by atoms with E-state index in [1.807, 2.05) is 0 Å². The van der Waals surface area contributed by atoms with Gasteiger partial charge < -0.3 is 10.2 Å². The molecule has 0 spiro atoms. The van der Waals surface area contributed by atoms with Crippen LogP contribution < -0.4 is 0 Å². The van der Waals surface area contributed by atoms with E-state index in [9.17, 15) is 10.2 Å². The molecule has 0 saturated carbocycles. The van der Waals surface area contributed by atoms with Crippen molar-refractivity contribution >= 4 is 34.5 Å². The van der Waals surface area contributed by atoms with Crippen molar-refractivity contribution in [2.45, 2.75) is 207 Å². The molecular formula is C38H74O2S2. The molecule has 2 N–H and O–H groups in total. The molecular weight excluding hydrogens is 553 g/mol. The second-order valence-corrected chi connectivity index (χ2v) is 14.7. The number of hydrogen-bond acceptors (Lipinski definition) is 2. The summed E-state index contributed by atoms with van der Waals surface area (Å²) in [7, 11) is 0. The summed E-state index contributed by atoms with van der Waals surface area (Å²) in [6.45, 7) is 9.20. The fraction of sp³-hybridized carbons (Fsp3) is 0.947. The van der Waals surface area contributed by atoms with Crippen LogP contribution in [0, 0.1) is 23.7 Å². The average Bonchev–Trinajstić information content (AvgIpc) is 2.95. The molecule has 2 nitrogen and oxygen atoms in total. The summed E-state index contributed by atoms with van der Waals surface area (Å²) in [6.07, 6.45) is 35.6. The molecule has 0 bridgehead atoms. The maximum absolute atomic E-state index is 9.86. The Labute approximate surface area is 275 Å². The maximum atomic E-state index is 9.86. The smallest absolute Gasteiger partial charge is 0.156 e. The molecule has 0 heterocycles. The molecule has 0 aliphatic rings. The first-order valence-electron chi connectivity index (χ1n) is 18.8. The molecule has 0 aliphatic heterocycles. The van der Waals surface area contributed by atoms with Crippen molar-refractivity contribution in [2.24, 2.45) is 23.7 Å². The Bertz CT molecular complexity index is 556. The van der Waals surface area contributed by atoms with Gasteiger partial charge in [0.05, 0.1) is 0 Å². The fourth-order valence-corrected chi connectivity index (χ4v) is 7.40. The highest BCUT2D eigenvalue weighted by Gasteiger charge is 2.17. The van der Waals surface area contributed by atoms with Gasteiger partial charge in [-0.05, 0) is 73.8 Å². The highest BCUT2D eigenvalue weighted by atomic mass is 32.1. The fourth-order valence-electron chi connectivity index (χ4n) is 6.92. The van der Waals surface area contributed by atoms with E-state index >= 15 is 0 Å². The Morgan fingerprint density at radius 3 is 0.952 bits per heavy atom. The van der Waals surface area contributed by atoms with Gasteiger partial charge in [-0.25, -0.2) is 0 Å². The average molecular weight is 627 g/mol. The van der Waals surface area contributed by atoms with Crippen LogP contribution in [0.5, 0.6) is 0 Å². The third kappa shape index (κ3) is 27.3. The molecule has 4 unspecified atom stereocenters. The normalized spacial score (nSPS) is 14.5. The minimum absolute atomic E-state index is 0.214. The quantitative estimate of drug-likeness (QED) is 0.0561. The van der Waals surface area contributed by atoms with Crippen molar-refractivity contribution < 1.29 is 10.2 Å². The zero-order valence-electron chi connectivity index (χ0n) is 28.8. The van der Waals surface area contributed by atoms with Crippen molar-refractivity contribution in [1.82, 2.24) is 0 Å². The Morgan fingerprint density at radius 2 is 0.619 bits per heavy atom. The Kier molecular flexibility index (Phi) is 30.6. The minimum atomic E-state index is 0.214. The summed E-state index contributed by atoms with van der Waals surface area (Å²) in [5.41, 5.74) is 0. The molecule has 0 saturated heterocycles. The molecule has 0 amide bonds. The molecule has 0 radical (unpaired) electrons. The predicted octanol–water partition coefficient (Wildman–Crippen LogP) is 14.2. The van der Waals surface area contributed by atoms with Crippen LogP contribution in [0.25, 0.3) is 0 Å². The van der Waals surface area contributed by atoms with Gasteiger partial charge in [0.1, 0.15) is 0 Å². The monoisotopic (exact) mass is 627 g/mol. The lowest BCUT2D eigenvalue weighted by atomic mass is 9.85. The van der Waals surface area contributed by atoms with Gasteiger partial charge in [-0.3, -0.25) is 0 Å². The summed E-state index contributed by atoms with van der Waals surface area (Å²) in [5, 5.41) is 20.2. The molecule has 4 heteroatoms. The number of aliphatic hydroxyl groups excluding tert-OH is 2. The second-order valence-electron chi connectivity index (χ2n) is 13.8. The maximum Gasteiger partial charge on any atom is 0.156 e. The zero-order chi connectivity index (χ0) is 31.3. The largest absolute Gasteiger partial charge is 0.502 e. The van der Waals surface area contributed by atoms with Crippen LogP contribution >= 0.6 is 24.4 Å². The molecule has 42 heavy (non-hydrogen) atoms. The topological polar surface area (TPSA) is 40.5 Å². The van der Waals surface area contributed by atoms with Crippen molar-refractivity contribution in [3.8, 4) is 0 Å². The third-order valence-corrected chi connectivity index (χ3v) is 10.1. The molecule has 4 atom stereocenters. The Hall–Kier alpha value is -0.220. The van der Waals surface area contributed by atoms with Crippen LogP contribution in [0.2, 0.25) is 0 Å². The van der Waals surface area contributed by atoms with E-state index in [4.69, 9.17) is 24.4 Å². The Morgan fingerprint density at radius 1 is 0.357 bits per heavy atom. The number of unbranched alkanes of at least 4 members (excludes halogenated alkanes) is 11. The lowest BCUT2D eigenvalue weighted by Gasteiger charge is -2.21. The molecule has 250 valence electrons. The number of thiocarbonyl (C=S) groups is 2. The molecule has 0 aromatic rings. The van der Waals surface area contributed by atoms with Crippen LogP contribution in [0.3, 0.4) is 0 Å². The van der Waals surface area contributed by atoms with Crippen LogP contribution in [0.4, 0.5) is 0 Å². The second kappa shape index (κ2) is 30.8. The standard InChI is InChI=1S/C38H74O2S2/c1-5-9-17-23-33(21-11-7-3)27-29-35(31-37(39)41)25-19-15-13-14-16-20-26-36(32-38(40)42)30-28-34(22-12-8-4)24-18-10-6-2/h33-36H,5-32H2,1-4H3,(H,39,41)(H,40,42). The lowest BCUT2D eigenvalue weighted by molar-refractivity contribution is 0.323. The van der Waals surface area contributed by atoms with E-state index in [1.165, 1.54) is 167 Å². The molecule has 0 rings (SSSR count). The highest BCUT2D eigenvalue weighted by Crippen LogP contribution is 2.29. The first-order valence-corrected chi connectivity index (χ1v) is 19.6. The van der Waals surface area contributed by atoms with Gasteiger partial charge in [0.2, 0.25) is 0 Å². The summed E-state index contributed by atoms with van der Waals surface area (Å²) in [6, 6.07) is 0. The number of rotatable bonds is 33. The zero-order valence-corrected chi connectivity index (χ0v) is 30.5. The van der Waals surface area contributed by atoms with Crippen molar-refractivity contribution in [3.63, 3.8) is 0 Å². The van der Waals surface area contributed by atoms with Gasteiger partial charge in [-0.2, -0.15) is 0 Å². The van der Waals surface area contributed by atoms with Gasteiger partial charge in [0.25, 0.3) is 0 Å². The van der Waals surface area contributed by atoms with Gasteiger partial charge in [-0.1, -0.05) is 169 Å². The first-order chi connectivity index (χ1) is 20.4. The summed E-state index contributed by atoms with van der Waals surface area (Å²) < 4.78 is 0. The van der Waals surface area contributed by atoms with E-state index in [-0.39, 0.29) is 10.1 Å². The Balaban J connectivity index is 4.38. The van der Waals surface area contributed by atoms with Gasteiger partial charge >= 0.3 is 0 Å². The number of hydrogen-bond donors (Lipinski definition) is 2. The third-order valence-electron chi connectivity index (χ3n) is 9.73. The predicted molar refractivity (Wildman–Crippen MR) is 196 cm³/mol. The van der Waals surface area contributed by atoms with Gasteiger partial charge in [0, 0.05) is 12.8 Å². The summed E-state index contributed by atoms with van der Waals surface area (Å²) in [5.74, 6) is 2.84. The molecule has 0 aromatic heterocycles. The van der Waals surface area contributed by atoms with Crippen LogP contribution in [-0.4, -0.2) is 20.3 Å².